The first-order valence-electron chi connectivity index (χ1n) is 4.71. The van der Waals surface area contributed by atoms with E-state index in [-0.39, 0.29) is 11.4 Å². The average molecular weight is 213 g/mol. The molecule has 0 heterocycles. The summed E-state index contributed by atoms with van der Waals surface area (Å²) >= 11 is 0. The van der Waals surface area contributed by atoms with E-state index in [1.807, 2.05) is 0 Å². The van der Waals surface area contributed by atoms with Gasteiger partial charge in [-0.1, -0.05) is 20.8 Å². The van der Waals surface area contributed by atoms with Crippen molar-refractivity contribution >= 4 is 11.8 Å². The van der Waals surface area contributed by atoms with Crippen molar-refractivity contribution in [3.63, 3.8) is 0 Å². The van der Waals surface area contributed by atoms with Crippen molar-refractivity contribution in [3.8, 4) is 0 Å². The third kappa shape index (κ3) is 4.14. The summed E-state index contributed by atoms with van der Waals surface area (Å²) in [4.78, 5) is 25.0. The van der Waals surface area contributed by atoms with Gasteiger partial charge in [0, 0.05) is 25.7 Å². The maximum Gasteiger partial charge on any atom is 0.343 e. The van der Waals surface area contributed by atoms with Crippen LogP contribution in [0.5, 0.6) is 0 Å². The van der Waals surface area contributed by atoms with Gasteiger partial charge in [0.25, 0.3) is 0 Å². The molecule has 4 heteroatoms. The van der Waals surface area contributed by atoms with Crippen molar-refractivity contribution < 1.29 is 14.3 Å². The van der Waals surface area contributed by atoms with Gasteiger partial charge < -0.3 is 9.64 Å². The number of hydrogen-bond acceptors (Lipinski definition) is 4. The van der Waals surface area contributed by atoms with Gasteiger partial charge >= 0.3 is 5.97 Å². The molecule has 0 N–H and O–H groups in total. The monoisotopic (exact) mass is 213 g/mol. The van der Waals surface area contributed by atoms with E-state index in [9.17, 15) is 9.59 Å². The number of esters is 1. The van der Waals surface area contributed by atoms with Crippen LogP contribution in [0.2, 0.25) is 0 Å². The van der Waals surface area contributed by atoms with Crippen molar-refractivity contribution in [2.24, 2.45) is 5.41 Å². The molecule has 0 saturated heterocycles. The van der Waals surface area contributed by atoms with E-state index in [2.05, 4.69) is 4.74 Å². The highest BCUT2D eigenvalue weighted by molar-refractivity contribution is 6.18. The molecular formula is C11H19NO3. The molecule has 0 unspecified atom stereocenters. The van der Waals surface area contributed by atoms with Crippen molar-refractivity contribution in [3.05, 3.63) is 11.8 Å². The zero-order chi connectivity index (χ0) is 12.2. The van der Waals surface area contributed by atoms with E-state index >= 15 is 0 Å². The summed E-state index contributed by atoms with van der Waals surface area (Å²) in [6.45, 7) is 5.30. The van der Waals surface area contributed by atoms with Gasteiger partial charge in [0.2, 0.25) is 0 Å². The standard InChI is InChI=1S/C11H19NO3/c1-11(2,3)9(13)8(7-12(4)5)10(14)15-6/h7H,1-6H3/b8-7+. The number of Topliss-reactive ketones (excluding diaryl/α,β-unsaturated/α-hetero) is 1. The van der Waals surface area contributed by atoms with Gasteiger partial charge in [-0.3, -0.25) is 4.79 Å². The van der Waals surface area contributed by atoms with Crippen LogP contribution in [0.25, 0.3) is 0 Å². The molecule has 0 fully saturated rings. The summed E-state index contributed by atoms with van der Waals surface area (Å²) < 4.78 is 4.57. The lowest BCUT2D eigenvalue weighted by atomic mass is 9.86. The van der Waals surface area contributed by atoms with E-state index in [4.69, 9.17) is 0 Å². The molecule has 0 rings (SSSR count). The predicted molar refractivity (Wildman–Crippen MR) is 58.2 cm³/mol. The smallest absolute Gasteiger partial charge is 0.343 e. The molecule has 0 aromatic carbocycles. The van der Waals surface area contributed by atoms with Gasteiger partial charge in [-0.15, -0.1) is 0 Å². The molecule has 0 aliphatic carbocycles. The van der Waals surface area contributed by atoms with Gasteiger partial charge in [0.05, 0.1) is 7.11 Å². The predicted octanol–water partition coefficient (Wildman–Crippen LogP) is 1.22. The fourth-order valence-electron chi connectivity index (χ4n) is 0.976. The molecule has 0 aliphatic rings. The normalized spacial score (nSPS) is 12.3. The Kier molecular flexibility index (Phi) is 4.52. The average Bonchev–Trinajstić information content (AvgIpc) is 2.10. The summed E-state index contributed by atoms with van der Waals surface area (Å²) in [5.74, 6) is -0.813. The van der Waals surface area contributed by atoms with Gasteiger partial charge in [-0.05, 0) is 0 Å². The van der Waals surface area contributed by atoms with Crippen LogP contribution in [0.4, 0.5) is 0 Å². The lowest BCUT2D eigenvalue weighted by molar-refractivity contribution is -0.139. The minimum atomic E-state index is -0.594. The zero-order valence-corrected chi connectivity index (χ0v) is 10.2. The molecule has 86 valence electrons. The fourth-order valence-corrected chi connectivity index (χ4v) is 0.976. The van der Waals surface area contributed by atoms with E-state index in [0.29, 0.717) is 0 Å². The van der Waals surface area contributed by atoms with Gasteiger partial charge in [-0.25, -0.2) is 4.79 Å². The number of ether oxygens (including phenoxy) is 1. The zero-order valence-electron chi connectivity index (χ0n) is 10.2. The highest BCUT2D eigenvalue weighted by Crippen LogP contribution is 2.20. The summed E-state index contributed by atoms with van der Waals surface area (Å²) in [6, 6.07) is 0. The molecule has 0 spiro atoms. The number of nitrogens with zero attached hydrogens (tertiary/aromatic N) is 1. The van der Waals surface area contributed by atoms with Crippen molar-refractivity contribution in [2.45, 2.75) is 20.8 Å². The number of ketones is 1. The lowest BCUT2D eigenvalue weighted by Crippen LogP contribution is -2.28. The van der Waals surface area contributed by atoms with E-state index in [0.717, 1.165) is 0 Å². The van der Waals surface area contributed by atoms with Crippen LogP contribution in [0, 0.1) is 5.41 Å². The maximum absolute atomic E-state index is 11.9. The van der Waals surface area contributed by atoms with Crippen LogP contribution < -0.4 is 0 Å². The van der Waals surface area contributed by atoms with E-state index < -0.39 is 11.4 Å². The molecule has 0 amide bonds. The first-order chi connectivity index (χ1) is 6.70. The Hall–Kier alpha value is -1.32. The lowest BCUT2D eigenvalue weighted by Gasteiger charge is -2.18. The molecule has 0 saturated carbocycles. The minimum absolute atomic E-state index is 0.0787. The second-order valence-electron chi connectivity index (χ2n) is 4.58. The van der Waals surface area contributed by atoms with E-state index in [1.165, 1.54) is 13.3 Å². The van der Waals surface area contributed by atoms with Crippen molar-refractivity contribution in [1.82, 2.24) is 4.90 Å². The van der Waals surface area contributed by atoms with Crippen LogP contribution in [0.15, 0.2) is 11.8 Å². The Bertz CT molecular complexity index is 285. The summed E-state index contributed by atoms with van der Waals surface area (Å²) in [7, 11) is 4.76. The number of hydrogen-bond donors (Lipinski definition) is 0. The summed E-state index contributed by atoms with van der Waals surface area (Å²) in [5.41, 5.74) is -0.509. The third-order valence-electron chi connectivity index (χ3n) is 1.72. The Balaban J connectivity index is 5.14. The number of carbonyl (C=O) groups excluding carboxylic acids is 2. The van der Waals surface area contributed by atoms with Crippen molar-refractivity contribution in [1.29, 1.82) is 0 Å². The van der Waals surface area contributed by atoms with Crippen LogP contribution in [0.1, 0.15) is 20.8 Å². The highest BCUT2D eigenvalue weighted by Gasteiger charge is 2.29. The van der Waals surface area contributed by atoms with Gasteiger partial charge in [0.15, 0.2) is 5.78 Å². The first kappa shape index (κ1) is 13.7. The molecule has 15 heavy (non-hydrogen) atoms. The second-order valence-corrected chi connectivity index (χ2v) is 4.58. The molecular weight excluding hydrogens is 194 g/mol. The Morgan fingerprint density at radius 2 is 1.67 bits per heavy atom. The van der Waals surface area contributed by atoms with Crippen LogP contribution in [0.3, 0.4) is 0 Å². The van der Waals surface area contributed by atoms with Crippen molar-refractivity contribution in [2.75, 3.05) is 21.2 Å². The maximum atomic E-state index is 11.9. The van der Waals surface area contributed by atoms with E-state index in [1.54, 1.807) is 39.8 Å². The quantitative estimate of drug-likeness (QED) is 0.306. The first-order valence-corrected chi connectivity index (χ1v) is 4.71. The van der Waals surface area contributed by atoms with Gasteiger partial charge in [-0.2, -0.15) is 0 Å². The number of rotatable bonds is 3. The number of methoxy groups -OCH3 is 1. The molecule has 0 aliphatic heterocycles. The summed E-state index contributed by atoms with van der Waals surface area (Å²) in [6.07, 6.45) is 1.49. The van der Waals surface area contributed by atoms with Crippen LogP contribution >= 0.6 is 0 Å². The molecule has 4 nitrogen and oxygen atoms in total. The largest absolute Gasteiger partial charge is 0.465 e. The topological polar surface area (TPSA) is 46.6 Å². The fraction of sp³-hybridized carbons (Fsp3) is 0.636. The third-order valence-corrected chi connectivity index (χ3v) is 1.72. The van der Waals surface area contributed by atoms with Crippen LogP contribution in [-0.2, 0) is 14.3 Å². The Labute approximate surface area is 90.9 Å². The second kappa shape index (κ2) is 4.96. The summed E-state index contributed by atoms with van der Waals surface area (Å²) in [5, 5.41) is 0. The molecule has 0 bridgehead atoms. The van der Waals surface area contributed by atoms with Gasteiger partial charge in [0.1, 0.15) is 5.57 Å². The molecule has 0 aromatic rings. The Morgan fingerprint density at radius 3 is 1.93 bits per heavy atom. The van der Waals surface area contributed by atoms with Crippen LogP contribution in [-0.4, -0.2) is 37.9 Å². The molecule has 0 atom stereocenters. The SMILES string of the molecule is COC(=O)/C(=C/N(C)C)C(=O)C(C)(C)C. The highest BCUT2D eigenvalue weighted by atomic mass is 16.5. The number of carbonyl (C=O) groups is 2. The Morgan fingerprint density at radius 1 is 1.20 bits per heavy atom. The molecule has 0 aromatic heterocycles. The minimum Gasteiger partial charge on any atom is -0.465 e. The molecule has 0 radical (unpaired) electrons.